The lowest BCUT2D eigenvalue weighted by molar-refractivity contribution is -0.150. The average molecular weight is 1400 g/mol. The fourth-order valence-corrected chi connectivity index (χ4v) is 8.34. The Balaban J connectivity index is 5.83. The molecule has 0 aromatic carbocycles. The first-order valence-corrected chi connectivity index (χ1v) is 31.0. The van der Waals surface area contributed by atoms with Gasteiger partial charge in [0.05, 0.1) is 58.9 Å². The second-order valence-electron chi connectivity index (χ2n) is 21.5. The fourth-order valence-electron chi connectivity index (χ4n) is 8.34. The molecule has 0 heterocycles. The molecule has 0 saturated carbocycles. The number of carboxylic acids is 5. The lowest BCUT2D eigenvalue weighted by atomic mass is 10.0. The van der Waals surface area contributed by atoms with Crippen molar-refractivity contribution in [1.29, 1.82) is 0 Å². The normalized spacial score (nSPS) is 13.4. The SMILES string of the molecule is COCCOCCCC(=O)C(CCC(=O)NC(CCC(=O)NC(CCC(=O)NC(CCC(=O)NC(CCC(=O)NC(CCC(=O)NC(CCC(C)=O)C(=O)OCCOCCOC)C(=O)O)C(=O)O)C(=O)OCCOCCOC)C(=O)O)C(=O)O)NC(=O)CCC(NC(C)=O)C(=O)O. The van der Waals surface area contributed by atoms with E-state index in [1.165, 1.54) is 28.3 Å². The summed E-state index contributed by atoms with van der Waals surface area (Å²) in [5.41, 5.74) is 0. The minimum atomic E-state index is -1.80. The number of aliphatic carboxylic acids is 5. The van der Waals surface area contributed by atoms with Gasteiger partial charge in [0.15, 0.2) is 5.78 Å². The molecule has 0 aliphatic rings. The third kappa shape index (κ3) is 44.5. The van der Waals surface area contributed by atoms with E-state index in [-0.39, 0.29) is 117 Å². The van der Waals surface area contributed by atoms with Crippen molar-refractivity contribution >= 4 is 101 Å². The van der Waals surface area contributed by atoms with Gasteiger partial charge in [-0.2, -0.15) is 0 Å². The number of ether oxygens (including phenoxy) is 8. The van der Waals surface area contributed by atoms with Gasteiger partial charge in [-0.25, -0.2) is 33.6 Å². The van der Waals surface area contributed by atoms with Crippen molar-refractivity contribution < 1.29 is 145 Å². The molecule has 38 heteroatoms. The van der Waals surface area contributed by atoms with Gasteiger partial charge in [-0.05, 0) is 64.7 Å². The van der Waals surface area contributed by atoms with Crippen molar-refractivity contribution in [3.05, 3.63) is 0 Å². The molecule has 13 N–H and O–H groups in total. The molecule has 8 amide bonds. The molecule has 0 aliphatic heterocycles. The van der Waals surface area contributed by atoms with Crippen LogP contribution < -0.4 is 42.5 Å². The first-order chi connectivity index (χ1) is 45.9. The zero-order valence-electron chi connectivity index (χ0n) is 55.1. The molecule has 0 aliphatic carbocycles. The number of carboxylic acid groups (broad SMARTS) is 5. The monoisotopic (exact) mass is 1390 g/mol. The first-order valence-electron chi connectivity index (χ1n) is 31.0. The van der Waals surface area contributed by atoms with Crippen LogP contribution >= 0.6 is 0 Å². The zero-order valence-corrected chi connectivity index (χ0v) is 55.1. The highest BCUT2D eigenvalue weighted by Gasteiger charge is 2.31. The van der Waals surface area contributed by atoms with E-state index in [4.69, 9.17) is 37.9 Å². The van der Waals surface area contributed by atoms with Crippen LogP contribution in [0.3, 0.4) is 0 Å². The maximum absolute atomic E-state index is 13.3. The van der Waals surface area contributed by atoms with Crippen LogP contribution in [0.1, 0.15) is 129 Å². The molecule has 0 rings (SSSR count). The molecule has 550 valence electrons. The second-order valence-corrected chi connectivity index (χ2v) is 21.5. The van der Waals surface area contributed by atoms with Crippen LogP contribution in [-0.4, -0.2) is 268 Å². The molecular formula is C59H94N8O30. The highest BCUT2D eigenvalue weighted by Crippen LogP contribution is 2.12. The third-order valence-corrected chi connectivity index (χ3v) is 13.5. The minimum absolute atomic E-state index is 0.00511. The van der Waals surface area contributed by atoms with E-state index in [0.29, 0.717) is 0 Å². The summed E-state index contributed by atoms with van der Waals surface area (Å²) in [6.45, 7) is 3.07. The smallest absolute Gasteiger partial charge is 0.328 e. The Bertz CT molecular complexity index is 2590. The summed E-state index contributed by atoms with van der Waals surface area (Å²) in [7, 11) is 4.33. The minimum Gasteiger partial charge on any atom is -0.480 e. The highest BCUT2D eigenvalue weighted by molar-refractivity contribution is 5.92. The molecule has 0 radical (unpaired) electrons. The Morgan fingerprint density at radius 1 is 0.278 bits per heavy atom. The van der Waals surface area contributed by atoms with Crippen LogP contribution in [-0.2, 0) is 119 Å². The van der Waals surface area contributed by atoms with Crippen molar-refractivity contribution in [1.82, 2.24) is 42.5 Å². The Kier molecular flexibility index (Phi) is 47.6. The van der Waals surface area contributed by atoms with Gasteiger partial charge in [0.25, 0.3) is 0 Å². The number of ketones is 2. The van der Waals surface area contributed by atoms with Gasteiger partial charge in [-0.3, -0.25) is 43.2 Å². The maximum atomic E-state index is 13.3. The van der Waals surface area contributed by atoms with Gasteiger partial charge < -0.3 is 111 Å². The van der Waals surface area contributed by atoms with E-state index in [1.54, 1.807) is 0 Å². The van der Waals surface area contributed by atoms with Crippen LogP contribution in [0.5, 0.6) is 0 Å². The lowest BCUT2D eigenvalue weighted by Gasteiger charge is -2.20. The molecule has 0 aromatic heterocycles. The maximum Gasteiger partial charge on any atom is 0.328 e. The van der Waals surface area contributed by atoms with Crippen molar-refractivity contribution in [3.8, 4) is 0 Å². The summed E-state index contributed by atoms with van der Waals surface area (Å²) in [6, 6.07) is -12.7. The summed E-state index contributed by atoms with van der Waals surface area (Å²) >= 11 is 0. The largest absolute Gasteiger partial charge is 0.480 e. The van der Waals surface area contributed by atoms with Gasteiger partial charge >= 0.3 is 41.8 Å². The summed E-state index contributed by atoms with van der Waals surface area (Å²) in [6.07, 6.45) is -8.20. The predicted octanol–water partition coefficient (Wildman–Crippen LogP) is -3.44. The van der Waals surface area contributed by atoms with Gasteiger partial charge in [0.2, 0.25) is 47.3 Å². The number of methoxy groups -OCH3 is 3. The number of amides is 8. The van der Waals surface area contributed by atoms with E-state index >= 15 is 0 Å². The number of esters is 2. The molecule has 0 bridgehead atoms. The third-order valence-electron chi connectivity index (χ3n) is 13.5. The number of nitrogens with one attached hydrogen (secondary N) is 8. The molecular weight excluding hydrogens is 1300 g/mol. The topological polar surface area (TPSA) is 561 Å². The summed E-state index contributed by atoms with van der Waals surface area (Å²) in [4.78, 5) is 214. The highest BCUT2D eigenvalue weighted by atomic mass is 16.6. The Labute approximate surface area is 558 Å². The standard InChI is InChI=1S/C59H94N8O30/c1-35(68)8-9-43(58(88)96-33-31-94-29-26-91-4)66-51(76)21-14-41(56(84)85)63-49(74)20-13-40(55(82)83)65-50(75)23-16-44(59(89)97-34-32-95-30-27-92-5)67-52(77)22-15-42(57(86)87)64-48(73)19-12-39(54(80)81)62-47(72)17-10-37(45(70)7-6-24-93-28-25-90-3)61-46(71)18-11-38(53(78)79)60-36(2)69/h37-44H,6-34H2,1-5H3,(H,60,69)(H,61,71)(H,62,72)(H,63,74)(H,64,73)(H,65,75)(H,66,76)(H,67,77)(H,78,79)(H,80,81)(H,82,83)(H,84,85)(H,86,87). The molecule has 8 unspecified atom stereocenters. The Morgan fingerprint density at radius 3 is 0.794 bits per heavy atom. The lowest BCUT2D eigenvalue weighted by Crippen LogP contribution is -2.46. The van der Waals surface area contributed by atoms with Crippen LogP contribution in [0.15, 0.2) is 0 Å². The molecule has 0 saturated heterocycles. The van der Waals surface area contributed by atoms with Gasteiger partial charge in [-0.1, -0.05) is 0 Å². The average Bonchev–Trinajstić information content (AvgIpc) is 1.48. The van der Waals surface area contributed by atoms with Crippen molar-refractivity contribution in [3.63, 3.8) is 0 Å². The first kappa shape index (κ1) is 88.2. The molecule has 97 heavy (non-hydrogen) atoms. The van der Waals surface area contributed by atoms with E-state index in [9.17, 15) is 107 Å². The van der Waals surface area contributed by atoms with Crippen LogP contribution in [0.2, 0.25) is 0 Å². The van der Waals surface area contributed by atoms with Crippen molar-refractivity contribution in [2.75, 3.05) is 94.0 Å². The van der Waals surface area contributed by atoms with E-state index in [1.807, 2.05) is 0 Å². The van der Waals surface area contributed by atoms with E-state index in [2.05, 4.69) is 42.5 Å². The molecule has 0 aromatic rings. The van der Waals surface area contributed by atoms with E-state index in [0.717, 1.165) is 6.92 Å². The van der Waals surface area contributed by atoms with Gasteiger partial charge in [0.1, 0.15) is 61.3 Å². The zero-order chi connectivity index (χ0) is 73.3. The number of carbonyl (C=O) groups is 17. The van der Waals surface area contributed by atoms with E-state index < -0.39 is 220 Å². The predicted molar refractivity (Wildman–Crippen MR) is 328 cm³/mol. The van der Waals surface area contributed by atoms with Crippen molar-refractivity contribution in [2.45, 2.75) is 178 Å². The van der Waals surface area contributed by atoms with Crippen LogP contribution in [0, 0.1) is 0 Å². The van der Waals surface area contributed by atoms with Crippen LogP contribution in [0.25, 0.3) is 0 Å². The number of Topliss-reactive ketones (excluding diaryl/α,β-unsaturated/α-hetero) is 2. The molecule has 0 spiro atoms. The quantitative estimate of drug-likeness (QED) is 0.0208. The fraction of sp³-hybridized carbons (Fsp3) is 0.712. The molecule has 38 nitrogen and oxygen atoms in total. The summed E-state index contributed by atoms with van der Waals surface area (Å²) < 4.78 is 40.8. The number of hydrogen-bond acceptors (Lipinski definition) is 25. The summed E-state index contributed by atoms with van der Waals surface area (Å²) in [5.74, 6) is -18.2. The number of rotatable bonds is 59. The van der Waals surface area contributed by atoms with Crippen LogP contribution in [0.4, 0.5) is 0 Å². The molecule has 8 atom stereocenters. The Morgan fingerprint density at radius 2 is 0.515 bits per heavy atom. The number of hydrogen-bond donors (Lipinski definition) is 13. The molecule has 0 fully saturated rings. The number of carbonyl (C=O) groups excluding carboxylic acids is 12. The Hall–Kier alpha value is -8.85. The van der Waals surface area contributed by atoms with Crippen molar-refractivity contribution in [2.24, 2.45) is 0 Å². The van der Waals surface area contributed by atoms with Gasteiger partial charge in [0, 0.05) is 92.6 Å². The second kappa shape index (κ2) is 52.4. The summed E-state index contributed by atoms with van der Waals surface area (Å²) in [5, 5.41) is 66.8. The van der Waals surface area contributed by atoms with Gasteiger partial charge in [-0.15, -0.1) is 0 Å².